The van der Waals surface area contributed by atoms with Gasteiger partial charge in [-0.1, -0.05) is 80.6 Å². The summed E-state index contributed by atoms with van der Waals surface area (Å²) >= 11 is 1.52. The van der Waals surface area contributed by atoms with Crippen molar-refractivity contribution in [1.29, 1.82) is 0 Å². The van der Waals surface area contributed by atoms with Crippen molar-refractivity contribution in [2.75, 3.05) is 18.6 Å². The first kappa shape index (κ1) is 35.9. The van der Waals surface area contributed by atoms with Gasteiger partial charge in [0.25, 0.3) is 5.91 Å². The summed E-state index contributed by atoms with van der Waals surface area (Å²) in [4.78, 5) is 25.6. The summed E-state index contributed by atoms with van der Waals surface area (Å²) in [5.74, 6) is -0.419. The smallest absolute Gasteiger partial charge is 1.00 e. The minimum absolute atomic E-state index is 0. The molecule has 0 radical (unpaired) electrons. The molecule has 0 unspecified atom stereocenters. The van der Waals surface area contributed by atoms with E-state index < -0.39 is 27.9 Å². The van der Waals surface area contributed by atoms with Gasteiger partial charge in [0.1, 0.15) is 6.04 Å². The number of aryl methyl sites for hydroxylation is 1. The van der Waals surface area contributed by atoms with Gasteiger partial charge in [0.05, 0.1) is 4.90 Å². The Balaban J connectivity index is 0.00000353. The van der Waals surface area contributed by atoms with Gasteiger partial charge in [-0.25, -0.2) is 13.2 Å². The molecule has 0 spiro atoms. The number of carboxylic acids is 1. The van der Waals surface area contributed by atoms with Crippen molar-refractivity contribution < 1.29 is 43.4 Å². The number of sulfonamides is 1. The van der Waals surface area contributed by atoms with Crippen molar-refractivity contribution >= 4 is 33.7 Å². The maximum Gasteiger partial charge on any atom is 1.00 e. The summed E-state index contributed by atoms with van der Waals surface area (Å²) in [6, 6.07) is 20.6. The number of amides is 1. The molecule has 10 heteroatoms. The molecule has 0 bridgehead atoms. The number of carboxylic acid groups (broad SMARTS) is 1. The van der Waals surface area contributed by atoms with E-state index in [1.165, 1.54) is 31.0 Å². The van der Waals surface area contributed by atoms with E-state index in [2.05, 4.69) is 5.32 Å². The quantitative estimate of drug-likeness (QED) is 0.262. The fraction of sp³-hybridized carbons (Fsp3) is 0.412. The number of carbonyl (C=O) groups is 2. The fourth-order valence-corrected chi connectivity index (χ4v) is 7.68. The molecule has 4 rings (SSSR count). The van der Waals surface area contributed by atoms with Crippen LogP contribution in [0.25, 0.3) is 11.1 Å². The van der Waals surface area contributed by atoms with Crippen LogP contribution < -0.4 is 24.2 Å². The third-order valence-corrected chi connectivity index (χ3v) is 10.7. The fourth-order valence-electron chi connectivity index (χ4n) is 5.75. The van der Waals surface area contributed by atoms with Crippen LogP contribution in [0, 0.1) is 12.8 Å². The third-order valence-electron chi connectivity index (χ3n) is 8.23. The van der Waals surface area contributed by atoms with Gasteiger partial charge < -0.3 is 11.8 Å². The minimum Gasteiger partial charge on any atom is -1.00 e. The molecule has 2 N–H and O–H groups in total. The largest absolute Gasteiger partial charge is 1.00 e. The molecule has 0 saturated heterocycles. The number of nitrogens with one attached hydrogen (secondary N) is 1. The zero-order chi connectivity index (χ0) is 30.8. The predicted octanol–water partition coefficient (Wildman–Crippen LogP) is 3.88. The van der Waals surface area contributed by atoms with Gasteiger partial charge in [-0.15, -0.1) is 0 Å². The Labute approximate surface area is 279 Å². The number of carbonyl (C=O) groups excluding carboxylic acids is 1. The predicted molar refractivity (Wildman–Crippen MR) is 175 cm³/mol. The summed E-state index contributed by atoms with van der Waals surface area (Å²) in [7, 11) is -3.76. The van der Waals surface area contributed by atoms with E-state index in [4.69, 9.17) is 0 Å². The molecular formula is C34H43LiN2O5S2. The van der Waals surface area contributed by atoms with Crippen molar-refractivity contribution in [2.24, 2.45) is 5.92 Å². The molecule has 1 aliphatic rings. The Hall–Kier alpha value is -2.54. The van der Waals surface area contributed by atoms with Gasteiger partial charge in [0, 0.05) is 18.7 Å². The van der Waals surface area contributed by atoms with E-state index in [-0.39, 0.29) is 31.7 Å². The first-order valence-corrected chi connectivity index (χ1v) is 17.8. The Kier molecular flexibility index (Phi) is 14.1. The molecular weight excluding hydrogens is 587 g/mol. The van der Waals surface area contributed by atoms with Crippen molar-refractivity contribution in [3.05, 3.63) is 89.5 Å². The second-order valence-electron chi connectivity index (χ2n) is 11.3. The molecule has 0 aromatic heterocycles. The van der Waals surface area contributed by atoms with Crippen LogP contribution in [-0.2, 0) is 21.4 Å². The first-order chi connectivity index (χ1) is 20.7. The van der Waals surface area contributed by atoms with E-state index in [9.17, 15) is 23.1 Å². The molecule has 0 aliphatic heterocycles. The van der Waals surface area contributed by atoms with Crippen LogP contribution in [0.3, 0.4) is 0 Å². The Morgan fingerprint density at radius 1 is 1.00 bits per heavy atom. The van der Waals surface area contributed by atoms with Gasteiger partial charge in [0.15, 0.2) is 0 Å². The van der Waals surface area contributed by atoms with Crippen molar-refractivity contribution in [3.8, 4) is 11.1 Å². The Morgan fingerprint density at radius 3 is 2.34 bits per heavy atom. The topological polar surface area (TPSA) is 104 Å². The van der Waals surface area contributed by atoms with Crippen molar-refractivity contribution in [1.82, 2.24) is 9.62 Å². The summed E-state index contributed by atoms with van der Waals surface area (Å²) in [6.45, 7) is 2.54. The van der Waals surface area contributed by atoms with E-state index >= 15 is 0 Å². The zero-order valence-electron chi connectivity index (χ0n) is 27.0. The number of hydrogen-bond acceptors (Lipinski definition) is 5. The summed E-state index contributed by atoms with van der Waals surface area (Å²) in [5.41, 5.74) is 3.55. The second-order valence-corrected chi connectivity index (χ2v) is 14.2. The average molecular weight is 631 g/mol. The van der Waals surface area contributed by atoms with Crippen LogP contribution in [0.4, 0.5) is 0 Å². The average Bonchev–Trinajstić information content (AvgIpc) is 3.02. The van der Waals surface area contributed by atoms with Crippen LogP contribution in [0.15, 0.2) is 77.7 Å². The minimum atomic E-state index is -3.76. The van der Waals surface area contributed by atoms with Gasteiger partial charge >= 0.3 is 24.8 Å². The maximum absolute atomic E-state index is 13.9. The molecule has 0 heterocycles. The summed E-state index contributed by atoms with van der Waals surface area (Å²) < 4.78 is 29.3. The normalized spacial score (nSPS) is 14.5. The first-order valence-electron chi connectivity index (χ1n) is 15.0. The van der Waals surface area contributed by atoms with Crippen LogP contribution >= 0.6 is 11.8 Å². The van der Waals surface area contributed by atoms with Crippen molar-refractivity contribution in [3.63, 3.8) is 0 Å². The zero-order valence-corrected chi connectivity index (χ0v) is 27.6. The SMILES string of the molecule is CSCC[C@H](NC(=O)c1ccc(CN(CCC2CCCCC2)S(=O)(=O)c2ccccc2)cc1-c1ccccc1C)C(=O)O.[H-].[Li+]. The Morgan fingerprint density at radius 2 is 1.68 bits per heavy atom. The molecule has 1 fully saturated rings. The van der Waals surface area contributed by atoms with Gasteiger partial charge in [-0.05, 0) is 84.2 Å². The standard InChI is InChI=1S/C34H42N2O5S2.Li.H/c1-25-11-9-10-16-29(25)31-23-27(17-18-30(31)33(37)35-32(34(38)39)20-22-42-2)24-36(21-19-26-12-5-3-6-13-26)43(40,41)28-14-7-4-8-15-28;;/h4,7-11,14-18,23,26,32H,3,5-6,12-13,19-22,24H2,1-2H3,(H,35,37)(H,38,39);;/q;+1;-1/t32-;;/m0../s1. The molecule has 1 saturated carbocycles. The van der Waals surface area contributed by atoms with Gasteiger partial charge in [-0.2, -0.15) is 16.1 Å². The molecule has 7 nitrogen and oxygen atoms in total. The number of aliphatic carboxylic acids is 1. The maximum atomic E-state index is 13.9. The van der Waals surface area contributed by atoms with Gasteiger partial charge in [-0.3, -0.25) is 4.79 Å². The van der Waals surface area contributed by atoms with Crippen LogP contribution in [0.1, 0.15) is 67.9 Å². The number of thioether (sulfide) groups is 1. The second kappa shape index (κ2) is 17.2. The van der Waals surface area contributed by atoms with E-state index in [1.54, 1.807) is 46.8 Å². The Bertz CT molecular complexity index is 1500. The van der Waals surface area contributed by atoms with Crippen LogP contribution in [0.2, 0.25) is 0 Å². The van der Waals surface area contributed by atoms with E-state index in [1.807, 2.05) is 43.5 Å². The molecule has 1 amide bonds. The number of nitrogens with zero attached hydrogens (tertiary/aromatic N) is 1. The van der Waals surface area contributed by atoms with Crippen molar-refractivity contribution in [2.45, 2.75) is 69.4 Å². The third kappa shape index (κ3) is 9.48. The summed E-state index contributed by atoms with van der Waals surface area (Å²) in [6.07, 6.45) is 8.92. The molecule has 3 aromatic carbocycles. The number of hydrogen-bond donors (Lipinski definition) is 2. The van der Waals surface area contributed by atoms with Crippen LogP contribution in [-0.4, -0.2) is 54.3 Å². The molecule has 232 valence electrons. The van der Waals surface area contributed by atoms with Crippen LogP contribution in [0.5, 0.6) is 0 Å². The number of rotatable bonds is 14. The van der Waals surface area contributed by atoms with E-state index in [0.717, 1.165) is 36.0 Å². The summed E-state index contributed by atoms with van der Waals surface area (Å²) in [5, 5.41) is 12.4. The van der Waals surface area contributed by atoms with Gasteiger partial charge in [0.2, 0.25) is 10.0 Å². The van der Waals surface area contributed by atoms with E-state index in [0.29, 0.717) is 35.8 Å². The molecule has 3 aromatic rings. The molecule has 1 atom stereocenters. The molecule has 44 heavy (non-hydrogen) atoms. The monoisotopic (exact) mass is 630 g/mol. The molecule has 1 aliphatic carbocycles. The number of benzene rings is 3.